The molecule has 28 heavy (non-hydrogen) atoms. The van der Waals surface area contributed by atoms with Crippen LogP contribution in [0.25, 0.3) is 11.0 Å². The number of anilines is 1. The van der Waals surface area contributed by atoms with Gasteiger partial charge in [-0.2, -0.15) is 13.2 Å². The smallest absolute Gasteiger partial charge is 0.417 e. The zero-order chi connectivity index (χ0) is 20.6. The van der Waals surface area contributed by atoms with E-state index in [0.29, 0.717) is 17.1 Å². The topological polar surface area (TPSA) is 42.2 Å². The highest BCUT2D eigenvalue weighted by molar-refractivity contribution is 9.10. The first kappa shape index (κ1) is 20.5. The number of carbonyl (C=O) groups excluding carboxylic acids is 1. The lowest BCUT2D eigenvalue weighted by molar-refractivity contribution is -0.138. The Bertz CT molecular complexity index is 1040. The van der Waals surface area contributed by atoms with Crippen molar-refractivity contribution in [3.05, 3.63) is 63.3 Å². The molecule has 0 fully saturated rings. The van der Waals surface area contributed by atoms with Crippen LogP contribution in [0.4, 0.5) is 18.9 Å². The van der Waals surface area contributed by atoms with Gasteiger partial charge < -0.3 is 9.73 Å². The highest BCUT2D eigenvalue weighted by atomic mass is 79.9. The summed E-state index contributed by atoms with van der Waals surface area (Å²) in [7, 11) is 0. The molecule has 0 aliphatic heterocycles. The Morgan fingerprint density at radius 1 is 1.21 bits per heavy atom. The van der Waals surface area contributed by atoms with Crippen LogP contribution in [0.2, 0.25) is 0 Å². The molecule has 0 aliphatic rings. The summed E-state index contributed by atoms with van der Waals surface area (Å²) in [6, 6.07) is 7.56. The van der Waals surface area contributed by atoms with Crippen molar-refractivity contribution in [3.8, 4) is 0 Å². The van der Waals surface area contributed by atoms with Crippen LogP contribution in [0.1, 0.15) is 42.0 Å². The van der Waals surface area contributed by atoms with Crippen LogP contribution in [0, 0.1) is 6.92 Å². The van der Waals surface area contributed by atoms with E-state index in [1.807, 2.05) is 19.1 Å². The Morgan fingerprint density at radius 3 is 2.57 bits per heavy atom. The van der Waals surface area contributed by atoms with Crippen LogP contribution in [-0.2, 0) is 17.4 Å². The molecule has 0 radical (unpaired) electrons. The van der Waals surface area contributed by atoms with E-state index in [1.54, 1.807) is 0 Å². The summed E-state index contributed by atoms with van der Waals surface area (Å²) in [4.78, 5) is 12.4. The van der Waals surface area contributed by atoms with Crippen molar-refractivity contribution < 1.29 is 22.4 Å². The van der Waals surface area contributed by atoms with Gasteiger partial charge in [0, 0.05) is 21.1 Å². The molecule has 2 aromatic carbocycles. The van der Waals surface area contributed by atoms with Crippen molar-refractivity contribution in [2.45, 2.75) is 39.3 Å². The Morgan fingerprint density at radius 2 is 1.93 bits per heavy atom. The van der Waals surface area contributed by atoms with E-state index < -0.39 is 17.6 Å². The molecule has 1 amide bonds. The molecule has 7 heteroatoms. The number of aryl methyl sites for hydroxylation is 1. The van der Waals surface area contributed by atoms with Gasteiger partial charge in [0.15, 0.2) is 0 Å². The lowest BCUT2D eigenvalue weighted by Crippen LogP contribution is -2.15. The van der Waals surface area contributed by atoms with Gasteiger partial charge >= 0.3 is 6.18 Å². The maximum Gasteiger partial charge on any atom is 0.417 e. The molecule has 3 aromatic rings. The van der Waals surface area contributed by atoms with E-state index in [-0.39, 0.29) is 16.6 Å². The standard InChI is InChI=1S/C21H19BrF3NO2/c1-11(2)15-9-16-13(10-28-19(16)6-12(15)3)7-20(27)26-14-4-5-18(22)17(8-14)21(23,24)25/h4-6,8-11H,7H2,1-3H3,(H,26,27). The van der Waals surface area contributed by atoms with Crippen LogP contribution >= 0.6 is 15.9 Å². The van der Waals surface area contributed by atoms with Crippen molar-refractivity contribution >= 4 is 38.5 Å². The average Bonchev–Trinajstić information content (AvgIpc) is 2.96. The van der Waals surface area contributed by atoms with Crippen molar-refractivity contribution in [2.24, 2.45) is 0 Å². The second kappa shape index (κ2) is 7.62. The summed E-state index contributed by atoms with van der Waals surface area (Å²) in [6.45, 7) is 6.19. The van der Waals surface area contributed by atoms with Gasteiger partial charge in [0.05, 0.1) is 18.2 Å². The van der Waals surface area contributed by atoms with E-state index in [9.17, 15) is 18.0 Å². The summed E-state index contributed by atoms with van der Waals surface area (Å²) in [5.41, 5.74) is 2.92. The zero-order valence-electron chi connectivity index (χ0n) is 15.6. The molecule has 0 bridgehead atoms. The third-order valence-electron chi connectivity index (χ3n) is 4.57. The molecule has 3 nitrogen and oxygen atoms in total. The lowest BCUT2D eigenvalue weighted by atomic mass is 9.95. The fourth-order valence-electron chi connectivity index (χ4n) is 3.20. The monoisotopic (exact) mass is 453 g/mol. The van der Waals surface area contributed by atoms with Crippen LogP contribution in [0.15, 0.2) is 45.5 Å². The predicted molar refractivity (Wildman–Crippen MR) is 107 cm³/mol. The van der Waals surface area contributed by atoms with Crippen LogP contribution in [-0.4, -0.2) is 5.91 Å². The molecule has 148 valence electrons. The fraction of sp³-hybridized carbons (Fsp3) is 0.286. The molecular weight excluding hydrogens is 435 g/mol. The van der Waals surface area contributed by atoms with Gasteiger partial charge in [0.25, 0.3) is 0 Å². The molecule has 0 saturated heterocycles. The van der Waals surface area contributed by atoms with Gasteiger partial charge in [-0.1, -0.05) is 29.8 Å². The Kier molecular flexibility index (Phi) is 5.57. The predicted octanol–water partition coefficient (Wildman–Crippen LogP) is 6.83. The molecule has 0 unspecified atom stereocenters. The van der Waals surface area contributed by atoms with Crippen molar-refractivity contribution in [1.82, 2.24) is 0 Å². The fourth-order valence-corrected chi connectivity index (χ4v) is 3.67. The molecule has 1 heterocycles. The van der Waals surface area contributed by atoms with Gasteiger partial charge in [-0.3, -0.25) is 4.79 Å². The number of hydrogen-bond acceptors (Lipinski definition) is 2. The highest BCUT2D eigenvalue weighted by Gasteiger charge is 2.33. The van der Waals surface area contributed by atoms with Gasteiger partial charge in [-0.15, -0.1) is 0 Å². The van der Waals surface area contributed by atoms with Crippen LogP contribution in [0.5, 0.6) is 0 Å². The third kappa shape index (κ3) is 4.24. The van der Waals surface area contributed by atoms with Crippen molar-refractivity contribution in [2.75, 3.05) is 5.32 Å². The largest absolute Gasteiger partial charge is 0.464 e. The number of amides is 1. The lowest BCUT2D eigenvalue weighted by Gasteiger charge is -2.12. The first-order chi connectivity index (χ1) is 13.1. The number of benzene rings is 2. The second-order valence-corrected chi connectivity index (χ2v) is 7.89. The molecule has 1 aromatic heterocycles. The van der Waals surface area contributed by atoms with E-state index in [1.165, 1.54) is 24.0 Å². The van der Waals surface area contributed by atoms with Gasteiger partial charge in [-0.25, -0.2) is 0 Å². The minimum absolute atomic E-state index is 0.00497. The maximum atomic E-state index is 13.0. The summed E-state index contributed by atoms with van der Waals surface area (Å²) >= 11 is 2.89. The normalized spacial score (nSPS) is 12.0. The Balaban J connectivity index is 1.83. The van der Waals surface area contributed by atoms with Gasteiger partial charge in [0.1, 0.15) is 5.58 Å². The number of alkyl halides is 3. The average molecular weight is 454 g/mol. The van der Waals surface area contributed by atoms with E-state index in [2.05, 4.69) is 35.1 Å². The maximum absolute atomic E-state index is 13.0. The zero-order valence-corrected chi connectivity index (χ0v) is 17.2. The number of furan rings is 1. The summed E-state index contributed by atoms with van der Waals surface area (Å²) in [5, 5.41) is 3.38. The second-order valence-electron chi connectivity index (χ2n) is 7.04. The van der Waals surface area contributed by atoms with E-state index in [4.69, 9.17) is 4.42 Å². The van der Waals surface area contributed by atoms with Crippen molar-refractivity contribution in [1.29, 1.82) is 0 Å². The number of nitrogens with one attached hydrogen (secondary N) is 1. The van der Waals surface area contributed by atoms with Crippen LogP contribution < -0.4 is 5.32 Å². The number of fused-ring (bicyclic) bond motifs is 1. The van der Waals surface area contributed by atoms with Crippen LogP contribution in [0.3, 0.4) is 0 Å². The molecule has 0 atom stereocenters. The third-order valence-corrected chi connectivity index (χ3v) is 5.26. The summed E-state index contributed by atoms with van der Waals surface area (Å²) < 4.78 is 44.6. The Labute approximate surface area is 169 Å². The number of carbonyl (C=O) groups is 1. The highest BCUT2D eigenvalue weighted by Crippen LogP contribution is 2.36. The van der Waals surface area contributed by atoms with Gasteiger partial charge in [0.2, 0.25) is 5.91 Å². The molecule has 3 rings (SSSR count). The molecule has 0 aliphatic carbocycles. The van der Waals surface area contributed by atoms with Crippen molar-refractivity contribution in [3.63, 3.8) is 0 Å². The van der Waals surface area contributed by atoms with E-state index >= 15 is 0 Å². The molecule has 0 spiro atoms. The molecule has 1 N–H and O–H groups in total. The summed E-state index contributed by atoms with van der Waals surface area (Å²) in [5.74, 6) is -0.0886. The number of rotatable bonds is 4. The number of halogens is 4. The minimum atomic E-state index is -4.51. The molecule has 0 saturated carbocycles. The number of hydrogen-bond donors (Lipinski definition) is 1. The molecular formula is C21H19BrF3NO2. The SMILES string of the molecule is Cc1cc2occ(CC(=O)Nc3ccc(Br)c(C(F)(F)F)c3)c2cc1C(C)C. The van der Waals surface area contributed by atoms with Gasteiger partial charge in [-0.05, 0) is 54.3 Å². The minimum Gasteiger partial charge on any atom is -0.464 e. The Hall–Kier alpha value is -2.28. The first-order valence-electron chi connectivity index (χ1n) is 8.73. The quantitative estimate of drug-likeness (QED) is 0.470. The first-order valence-corrected chi connectivity index (χ1v) is 9.52. The van der Waals surface area contributed by atoms with E-state index in [0.717, 1.165) is 17.0 Å². The summed E-state index contributed by atoms with van der Waals surface area (Å²) in [6.07, 6.45) is -2.98.